The summed E-state index contributed by atoms with van der Waals surface area (Å²) < 4.78 is 0. The minimum Gasteiger partial charge on any atom is -0.308 e. The van der Waals surface area contributed by atoms with Gasteiger partial charge in [0, 0.05) is 5.92 Å². The third-order valence-electron chi connectivity index (χ3n) is 4.55. The minimum absolute atomic E-state index is 0.405. The van der Waals surface area contributed by atoms with Crippen molar-refractivity contribution in [3.05, 3.63) is 10.0 Å². The van der Waals surface area contributed by atoms with Crippen LogP contribution in [0.4, 0.5) is 0 Å². The fraction of sp³-hybridized carbons (Fsp3) is 0.857. The van der Waals surface area contributed by atoms with Gasteiger partial charge in [-0.2, -0.15) is 0 Å². The lowest BCUT2D eigenvalue weighted by Gasteiger charge is -2.10. The van der Waals surface area contributed by atoms with Gasteiger partial charge in [-0.15, -0.1) is 10.2 Å². The quantitative estimate of drug-likeness (QED) is 0.885. The van der Waals surface area contributed by atoms with E-state index in [1.807, 2.05) is 11.3 Å². The smallest absolute Gasteiger partial charge is 0.134 e. The molecule has 1 aromatic heterocycles. The van der Waals surface area contributed by atoms with E-state index in [0.29, 0.717) is 6.04 Å². The van der Waals surface area contributed by atoms with Crippen LogP contribution in [0.5, 0.6) is 0 Å². The first-order valence-electron chi connectivity index (χ1n) is 7.41. The average molecular weight is 265 g/mol. The van der Waals surface area contributed by atoms with Gasteiger partial charge in [0.1, 0.15) is 10.0 Å². The molecule has 0 bridgehead atoms. The average Bonchev–Trinajstić information content (AvgIpc) is 2.94. The number of rotatable bonds is 5. The summed E-state index contributed by atoms with van der Waals surface area (Å²) in [6.07, 6.45) is 6.81. The Morgan fingerprint density at radius 2 is 1.94 bits per heavy atom. The zero-order valence-corrected chi connectivity index (χ0v) is 12.2. The second kappa shape index (κ2) is 5.25. The van der Waals surface area contributed by atoms with Gasteiger partial charge in [0.2, 0.25) is 0 Å². The lowest BCUT2D eigenvalue weighted by Crippen LogP contribution is -2.19. The summed E-state index contributed by atoms with van der Waals surface area (Å²) in [5.74, 6) is 2.65. The first-order chi connectivity index (χ1) is 8.85. The highest BCUT2D eigenvalue weighted by Crippen LogP contribution is 2.61. The number of nitrogens with zero attached hydrogens (tertiary/aromatic N) is 2. The second-order valence-electron chi connectivity index (χ2n) is 5.63. The van der Waals surface area contributed by atoms with E-state index < -0.39 is 0 Å². The first-order valence-corrected chi connectivity index (χ1v) is 8.23. The molecule has 0 aliphatic heterocycles. The van der Waals surface area contributed by atoms with Crippen LogP contribution in [-0.2, 0) is 0 Å². The Labute approximate surface area is 113 Å². The fourth-order valence-corrected chi connectivity index (χ4v) is 4.79. The minimum atomic E-state index is 0.405. The van der Waals surface area contributed by atoms with Crippen molar-refractivity contribution in [2.75, 3.05) is 6.54 Å². The number of aromatic nitrogens is 2. The largest absolute Gasteiger partial charge is 0.308 e. The van der Waals surface area contributed by atoms with Crippen molar-refractivity contribution in [3.8, 4) is 0 Å². The Balaban J connectivity index is 1.70. The molecule has 0 spiro atoms. The summed E-state index contributed by atoms with van der Waals surface area (Å²) in [7, 11) is 0. The number of fused-ring (bicyclic) bond motifs is 1. The molecule has 2 saturated carbocycles. The second-order valence-corrected chi connectivity index (χ2v) is 6.68. The molecule has 3 nitrogen and oxygen atoms in total. The van der Waals surface area contributed by atoms with Crippen LogP contribution in [-0.4, -0.2) is 16.7 Å². The molecule has 2 aliphatic rings. The predicted molar refractivity (Wildman–Crippen MR) is 74.8 cm³/mol. The summed E-state index contributed by atoms with van der Waals surface area (Å²) >= 11 is 1.86. The molecule has 2 aliphatic carbocycles. The molecule has 1 aromatic rings. The van der Waals surface area contributed by atoms with Crippen molar-refractivity contribution in [2.45, 2.75) is 57.9 Å². The summed E-state index contributed by atoms with van der Waals surface area (Å²) in [4.78, 5) is 0. The zero-order valence-electron chi connectivity index (χ0n) is 11.4. The molecule has 1 heterocycles. The molecule has 0 amide bonds. The molecule has 3 unspecified atom stereocenters. The van der Waals surface area contributed by atoms with Crippen LogP contribution in [0.2, 0.25) is 0 Å². The highest BCUT2D eigenvalue weighted by atomic mass is 32.1. The third-order valence-corrected chi connectivity index (χ3v) is 5.69. The Hall–Kier alpha value is -0.480. The Kier molecular flexibility index (Phi) is 3.66. The van der Waals surface area contributed by atoms with Gasteiger partial charge in [0.15, 0.2) is 0 Å². The molecular formula is C14H23N3S. The number of hydrogen-bond acceptors (Lipinski definition) is 4. The van der Waals surface area contributed by atoms with Crippen molar-refractivity contribution in [1.82, 2.24) is 15.5 Å². The van der Waals surface area contributed by atoms with Gasteiger partial charge >= 0.3 is 0 Å². The van der Waals surface area contributed by atoms with E-state index in [1.165, 1.54) is 35.7 Å². The summed E-state index contributed by atoms with van der Waals surface area (Å²) in [6, 6.07) is 0.405. The molecule has 3 rings (SSSR count). The SMILES string of the molecule is CCNC(CC)c1nnc(C2C3CCCCC32)s1. The molecule has 1 N–H and O–H groups in total. The standard InChI is InChI=1S/C14H23N3S/c1-3-11(15-4-2)13-16-17-14(18-13)12-9-7-5-6-8-10(9)12/h9-12,15H,3-8H2,1-2H3. The fourth-order valence-electron chi connectivity index (χ4n) is 3.53. The van der Waals surface area contributed by atoms with Crippen molar-refractivity contribution < 1.29 is 0 Å². The van der Waals surface area contributed by atoms with Gasteiger partial charge < -0.3 is 5.32 Å². The van der Waals surface area contributed by atoms with Crippen LogP contribution < -0.4 is 5.32 Å². The van der Waals surface area contributed by atoms with Crippen molar-refractivity contribution >= 4 is 11.3 Å². The first kappa shape index (κ1) is 12.5. The zero-order chi connectivity index (χ0) is 12.5. The van der Waals surface area contributed by atoms with Crippen molar-refractivity contribution in [2.24, 2.45) is 11.8 Å². The molecule has 0 radical (unpaired) electrons. The van der Waals surface area contributed by atoms with Gasteiger partial charge in [-0.25, -0.2) is 0 Å². The lowest BCUT2D eigenvalue weighted by atomic mass is 10.0. The van der Waals surface area contributed by atoms with E-state index in [0.717, 1.165) is 30.7 Å². The van der Waals surface area contributed by atoms with Gasteiger partial charge in [-0.05, 0) is 37.6 Å². The van der Waals surface area contributed by atoms with E-state index in [9.17, 15) is 0 Å². The van der Waals surface area contributed by atoms with Crippen LogP contribution in [0.1, 0.15) is 67.9 Å². The van der Waals surface area contributed by atoms with E-state index in [4.69, 9.17) is 0 Å². The molecule has 100 valence electrons. The number of hydrogen-bond donors (Lipinski definition) is 1. The summed E-state index contributed by atoms with van der Waals surface area (Å²) in [5, 5.41) is 14.9. The van der Waals surface area contributed by atoms with Crippen LogP contribution in [0.25, 0.3) is 0 Å². The van der Waals surface area contributed by atoms with Gasteiger partial charge in [0.25, 0.3) is 0 Å². The maximum atomic E-state index is 4.48. The Bertz CT molecular complexity index is 391. The normalized spacial score (nSPS) is 32.0. The molecular weight excluding hydrogens is 242 g/mol. The van der Waals surface area contributed by atoms with Crippen molar-refractivity contribution in [1.29, 1.82) is 0 Å². The van der Waals surface area contributed by atoms with Crippen molar-refractivity contribution in [3.63, 3.8) is 0 Å². The topological polar surface area (TPSA) is 37.8 Å². The van der Waals surface area contributed by atoms with Gasteiger partial charge in [0.05, 0.1) is 6.04 Å². The van der Waals surface area contributed by atoms with E-state index >= 15 is 0 Å². The number of nitrogens with one attached hydrogen (secondary N) is 1. The predicted octanol–water partition coefficient (Wildman–Crippen LogP) is 3.50. The van der Waals surface area contributed by atoms with Crippen LogP contribution >= 0.6 is 11.3 Å². The van der Waals surface area contributed by atoms with Gasteiger partial charge in [-0.3, -0.25) is 0 Å². The van der Waals surface area contributed by atoms with E-state index in [-0.39, 0.29) is 0 Å². The maximum Gasteiger partial charge on any atom is 0.134 e. The molecule has 0 saturated heterocycles. The van der Waals surface area contributed by atoms with E-state index in [2.05, 4.69) is 29.4 Å². The molecule has 18 heavy (non-hydrogen) atoms. The molecule has 3 atom stereocenters. The highest BCUT2D eigenvalue weighted by Gasteiger charge is 2.53. The third kappa shape index (κ3) is 2.21. The van der Waals surface area contributed by atoms with Gasteiger partial charge in [-0.1, -0.05) is 38.0 Å². The summed E-state index contributed by atoms with van der Waals surface area (Å²) in [6.45, 7) is 5.37. The van der Waals surface area contributed by atoms with Crippen LogP contribution in [0, 0.1) is 11.8 Å². The van der Waals surface area contributed by atoms with Crippen LogP contribution in [0.15, 0.2) is 0 Å². The molecule has 2 fully saturated rings. The molecule has 4 heteroatoms. The Morgan fingerprint density at radius 3 is 2.56 bits per heavy atom. The van der Waals surface area contributed by atoms with E-state index in [1.54, 1.807) is 0 Å². The highest BCUT2D eigenvalue weighted by molar-refractivity contribution is 7.11. The lowest BCUT2D eigenvalue weighted by molar-refractivity contribution is 0.480. The monoisotopic (exact) mass is 265 g/mol. The Morgan fingerprint density at radius 1 is 1.22 bits per heavy atom. The summed E-state index contributed by atoms with van der Waals surface area (Å²) in [5.41, 5.74) is 0. The van der Waals surface area contributed by atoms with Crippen LogP contribution in [0.3, 0.4) is 0 Å². The molecule has 0 aromatic carbocycles. The maximum absolute atomic E-state index is 4.48.